The van der Waals surface area contributed by atoms with Gasteiger partial charge in [0.2, 0.25) is 11.8 Å². The van der Waals surface area contributed by atoms with Crippen molar-refractivity contribution in [3.05, 3.63) is 102 Å². The number of nitrogens with one attached hydrogen (secondary N) is 1. The minimum absolute atomic E-state index is 0.0224. The summed E-state index contributed by atoms with van der Waals surface area (Å²) < 4.78 is 11.0. The minimum atomic E-state index is -0.752. The van der Waals surface area contributed by atoms with E-state index in [1.807, 2.05) is 84.9 Å². The fourth-order valence-electron chi connectivity index (χ4n) is 4.52. The predicted octanol–water partition coefficient (Wildman–Crippen LogP) is 4.69. The molecule has 2 unspecified atom stereocenters. The zero-order chi connectivity index (χ0) is 25.2. The molecule has 188 valence electrons. The number of nitrogens with zero attached hydrogens (tertiary/aromatic N) is 1. The standard InChI is InChI=1S/C30H34N2O4/c1-35-26-17-14-24(15-18-26)22-32(28(33)19-16-23-9-4-2-5-10-23)29(25-11-6-3-7-12-25)30(34)31-21-27-13-8-20-36-27/h2-7,9-12,14-15,17-18,27,29H,8,13,16,19-22H2,1H3,(H,31,34). The quantitative estimate of drug-likeness (QED) is 0.427. The number of methoxy groups -OCH3 is 1. The average molecular weight is 487 g/mol. The summed E-state index contributed by atoms with van der Waals surface area (Å²) >= 11 is 0. The molecule has 2 atom stereocenters. The topological polar surface area (TPSA) is 67.9 Å². The van der Waals surface area contributed by atoms with Crippen LogP contribution in [0.25, 0.3) is 0 Å². The third-order valence-electron chi connectivity index (χ3n) is 6.51. The molecular formula is C30H34N2O4. The largest absolute Gasteiger partial charge is 0.497 e. The molecule has 1 aliphatic rings. The van der Waals surface area contributed by atoms with E-state index in [0.29, 0.717) is 25.9 Å². The molecule has 3 aromatic rings. The van der Waals surface area contributed by atoms with Crippen molar-refractivity contribution >= 4 is 11.8 Å². The molecule has 1 saturated heterocycles. The molecule has 0 saturated carbocycles. The van der Waals surface area contributed by atoms with Crippen molar-refractivity contribution < 1.29 is 19.1 Å². The van der Waals surface area contributed by atoms with Crippen LogP contribution < -0.4 is 10.1 Å². The second kappa shape index (κ2) is 12.9. The zero-order valence-electron chi connectivity index (χ0n) is 20.8. The van der Waals surface area contributed by atoms with Gasteiger partial charge < -0.3 is 19.7 Å². The minimum Gasteiger partial charge on any atom is -0.497 e. The summed E-state index contributed by atoms with van der Waals surface area (Å²) in [5, 5.41) is 3.06. The molecule has 1 fully saturated rings. The monoisotopic (exact) mass is 486 g/mol. The maximum Gasteiger partial charge on any atom is 0.247 e. The first-order valence-corrected chi connectivity index (χ1v) is 12.5. The number of amides is 2. The number of carbonyl (C=O) groups excluding carboxylic acids is 2. The highest BCUT2D eigenvalue weighted by Gasteiger charge is 2.32. The molecule has 0 spiro atoms. The van der Waals surface area contributed by atoms with Crippen LogP contribution in [0.4, 0.5) is 0 Å². The number of carbonyl (C=O) groups is 2. The number of hydrogen-bond acceptors (Lipinski definition) is 4. The lowest BCUT2D eigenvalue weighted by atomic mass is 10.0. The number of benzene rings is 3. The van der Waals surface area contributed by atoms with Gasteiger partial charge in [-0.05, 0) is 48.1 Å². The highest BCUT2D eigenvalue weighted by atomic mass is 16.5. The molecular weight excluding hydrogens is 452 g/mol. The van der Waals surface area contributed by atoms with Crippen LogP contribution in [0.1, 0.15) is 42.0 Å². The van der Waals surface area contributed by atoms with Gasteiger partial charge in [0.15, 0.2) is 0 Å². The first-order chi connectivity index (χ1) is 17.6. The van der Waals surface area contributed by atoms with Crippen LogP contribution in [0.3, 0.4) is 0 Å². The first kappa shape index (κ1) is 25.5. The Morgan fingerprint density at radius 2 is 1.67 bits per heavy atom. The fourth-order valence-corrected chi connectivity index (χ4v) is 4.52. The van der Waals surface area contributed by atoms with Crippen molar-refractivity contribution in [2.75, 3.05) is 20.3 Å². The Hall–Kier alpha value is -3.64. The van der Waals surface area contributed by atoms with Crippen LogP contribution in [0.15, 0.2) is 84.9 Å². The molecule has 1 N–H and O–H groups in total. The van der Waals surface area contributed by atoms with Crippen molar-refractivity contribution in [1.82, 2.24) is 10.2 Å². The van der Waals surface area contributed by atoms with Gasteiger partial charge in [-0.3, -0.25) is 9.59 Å². The molecule has 36 heavy (non-hydrogen) atoms. The Morgan fingerprint density at radius 3 is 2.31 bits per heavy atom. The highest BCUT2D eigenvalue weighted by molar-refractivity contribution is 5.88. The Balaban J connectivity index is 1.60. The van der Waals surface area contributed by atoms with E-state index in [2.05, 4.69) is 5.32 Å². The van der Waals surface area contributed by atoms with Crippen LogP contribution in [0.2, 0.25) is 0 Å². The molecule has 0 aliphatic carbocycles. The Morgan fingerprint density at radius 1 is 0.972 bits per heavy atom. The summed E-state index contributed by atoms with van der Waals surface area (Å²) in [6.07, 6.45) is 2.88. The van der Waals surface area contributed by atoms with Gasteiger partial charge >= 0.3 is 0 Å². The Kier molecular flexibility index (Phi) is 9.11. The maximum absolute atomic E-state index is 13.7. The van der Waals surface area contributed by atoms with Gasteiger partial charge in [0.1, 0.15) is 11.8 Å². The molecule has 3 aromatic carbocycles. The van der Waals surface area contributed by atoms with Crippen LogP contribution >= 0.6 is 0 Å². The van der Waals surface area contributed by atoms with Gasteiger partial charge in [-0.2, -0.15) is 0 Å². The average Bonchev–Trinajstić information content (AvgIpc) is 3.45. The Bertz CT molecular complexity index is 1100. The van der Waals surface area contributed by atoms with E-state index in [1.165, 1.54) is 0 Å². The van der Waals surface area contributed by atoms with Crippen LogP contribution in [0, 0.1) is 0 Å². The molecule has 2 amide bonds. The number of rotatable bonds is 11. The molecule has 0 aromatic heterocycles. The van der Waals surface area contributed by atoms with Crippen molar-refractivity contribution in [2.24, 2.45) is 0 Å². The molecule has 0 bridgehead atoms. The summed E-state index contributed by atoms with van der Waals surface area (Å²) in [5.41, 5.74) is 2.80. The van der Waals surface area contributed by atoms with E-state index >= 15 is 0 Å². The molecule has 1 aliphatic heterocycles. The third kappa shape index (κ3) is 6.95. The molecule has 6 nitrogen and oxygen atoms in total. The van der Waals surface area contributed by atoms with Crippen LogP contribution in [-0.2, 0) is 27.3 Å². The number of aryl methyl sites for hydroxylation is 1. The van der Waals surface area contributed by atoms with Gasteiger partial charge in [0.25, 0.3) is 0 Å². The highest BCUT2D eigenvalue weighted by Crippen LogP contribution is 2.26. The normalized spacial score (nSPS) is 15.8. The van der Waals surface area contributed by atoms with Crippen LogP contribution in [0.5, 0.6) is 5.75 Å². The lowest BCUT2D eigenvalue weighted by Crippen LogP contribution is -2.45. The SMILES string of the molecule is COc1ccc(CN(C(=O)CCc2ccccc2)C(C(=O)NCC2CCCO2)c2ccccc2)cc1. The number of hydrogen-bond donors (Lipinski definition) is 1. The van der Waals surface area contributed by atoms with Gasteiger partial charge in [-0.1, -0.05) is 72.8 Å². The van der Waals surface area contributed by atoms with Gasteiger partial charge in [-0.25, -0.2) is 0 Å². The summed E-state index contributed by atoms with van der Waals surface area (Å²) in [6, 6.07) is 26.3. The second-order valence-corrected chi connectivity index (χ2v) is 9.05. The molecule has 4 rings (SSSR count). The second-order valence-electron chi connectivity index (χ2n) is 9.05. The summed E-state index contributed by atoms with van der Waals surface area (Å²) in [4.78, 5) is 29.1. The van der Waals surface area contributed by atoms with E-state index in [1.54, 1.807) is 12.0 Å². The van der Waals surface area contributed by atoms with Gasteiger partial charge in [-0.15, -0.1) is 0 Å². The van der Waals surface area contributed by atoms with Crippen molar-refractivity contribution in [2.45, 2.75) is 44.4 Å². The summed E-state index contributed by atoms with van der Waals surface area (Å²) in [5.74, 6) is 0.476. The summed E-state index contributed by atoms with van der Waals surface area (Å²) in [7, 11) is 1.62. The first-order valence-electron chi connectivity index (χ1n) is 12.5. The fraction of sp³-hybridized carbons (Fsp3) is 0.333. The third-order valence-corrected chi connectivity index (χ3v) is 6.51. The number of ether oxygens (including phenoxy) is 2. The zero-order valence-corrected chi connectivity index (χ0v) is 20.8. The summed E-state index contributed by atoms with van der Waals surface area (Å²) in [6.45, 7) is 1.48. The molecule has 1 heterocycles. The van der Waals surface area contributed by atoms with Crippen LogP contribution in [-0.4, -0.2) is 43.1 Å². The lowest BCUT2D eigenvalue weighted by Gasteiger charge is -2.32. The van der Waals surface area contributed by atoms with Crippen molar-refractivity contribution in [3.8, 4) is 5.75 Å². The van der Waals surface area contributed by atoms with E-state index < -0.39 is 6.04 Å². The lowest BCUT2D eigenvalue weighted by molar-refractivity contribution is -0.141. The molecule has 6 heteroatoms. The Labute approximate surface area is 213 Å². The smallest absolute Gasteiger partial charge is 0.247 e. The van der Waals surface area contributed by atoms with E-state index in [9.17, 15) is 9.59 Å². The maximum atomic E-state index is 13.7. The van der Waals surface area contributed by atoms with Gasteiger partial charge in [0.05, 0.1) is 13.2 Å². The van der Waals surface area contributed by atoms with Gasteiger partial charge in [0, 0.05) is 26.1 Å². The predicted molar refractivity (Wildman–Crippen MR) is 139 cm³/mol. The van der Waals surface area contributed by atoms with Crippen molar-refractivity contribution in [3.63, 3.8) is 0 Å². The van der Waals surface area contributed by atoms with E-state index in [0.717, 1.165) is 41.9 Å². The molecule has 0 radical (unpaired) electrons. The van der Waals surface area contributed by atoms with Crippen molar-refractivity contribution in [1.29, 1.82) is 0 Å². The van der Waals surface area contributed by atoms with E-state index in [-0.39, 0.29) is 17.9 Å². The van der Waals surface area contributed by atoms with E-state index in [4.69, 9.17) is 9.47 Å².